The second-order valence-corrected chi connectivity index (χ2v) is 7.39. The SMILES string of the molecule is CCC=C(C)CCC=C(C)CCC=C(C)CCC1OC1(C)C. The van der Waals surface area contributed by atoms with E-state index in [1.807, 2.05) is 0 Å². The van der Waals surface area contributed by atoms with Gasteiger partial charge in [-0.3, -0.25) is 0 Å². The van der Waals surface area contributed by atoms with Gasteiger partial charge in [0.05, 0.1) is 11.7 Å². The molecular weight excluding hydrogens is 268 g/mol. The van der Waals surface area contributed by atoms with E-state index in [2.05, 4.69) is 59.8 Å². The summed E-state index contributed by atoms with van der Waals surface area (Å²) in [5.74, 6) is 0. The quantitative estimate of drug-likeness (QED) is 0.321. The molecule has 0 spiro atoms. The lowest BCUT2D eigenvalue weighted by atomic mass is 10.0. The highest BCUT2D eigenvalue weighted by molar-refractivity contribution is 5.07. The van der Waals surface area contributed by atoms with Crippen molar-refractivity contribution in [1.29, 1.82) is 0 Å². The molecule has 0 aliphatic carbocycles. The van der Waals surface area contributed by atoms with E-state index in [9.17, 15) is 0 Å². The molecule has 1 heterocycles. The summed E-state index contributed by atoms with van der Waals surface area (Å²) in [5, 5.41) is 0. The van der Waals surface area contributed by atoms with Gasteiger partial charge in [0.1, 0.15) is 0 Å². The van der Waals surface area contributed by atoms with E-state index < -0.39 is 0 Å². The zero-order valence-electron chi connectivity index (χ0n) is 15.7. The van der Waals surface area contributed by atoms with Crippen molar-refractivity contribution in [3.8, 4) is 0 Å². The van der Waals surface area contributed by atoms with Crippen molar-refractivity contribution in [3.63, 3.8) is 0 Å². The number of ether oxygens (including phenoxy) is 1. The Morgan fingerprint density at radius 3 is 1.77 bits per heavy atom. The summed E-state index contributed by atoms with van der Waals surface area (Å²) in [6.07, 6.45) is 15.9. The summed E-state index contributed by atoms with van der Waals surface area (Å²) in [7, 11) is 0. The summed E-state index contributed by atoms with van der Waals surface area (Å²) < 4.78 is 5.64. The first kappa shape index (κ1) is 19.2. The molecule has 126 valence electrons. The van der Waals surface area contributed by atoms with E-state index >= 15 is 0 Å². The van der Waals surface area contributed by atoms with Gasteiger partial charge >= 0.3 is 0 Å². The van der Waals surface area contributed by atoms with Crippen molar-refractivity contribution in [1.82, 2.24) is 0 Å². The lowest BCUT2D eigenvalue weighted by Gasteiger charge is -2.03. The molecule has 1 unspecified atom stereocenters. The van der Waals surface area contributed by atoms with Crippen LogP contribution >= 0.6 is 0 Å². The molecule has 0 aromatic carbocycles. The molecule has 1 fully saturated rings. The minimum atomic E-state index is 0.143. The van der Waals surface area contributed by atoms with E-state index in [0.29, 0.717) is 6.10 Å². The number of allylic oxidation sites excluding steroid dienone is 6. The summed E-state index contributed by atoms with van der Waals surface area (Å²) >= 11 is 0. The zero-order chi connectivity index (χ0) is 16.6. The fourth-order valence-corrected chi connectivity index (χ4v) is 2.85. The van der Waals surface area contributed by atoms with Crippen LogP contribution in [0.25, 0.3) is 0 Å². The minimum absolute atomic E-state index is 0.143. The first-order valence-electron chi connectivity index (χ1n) is 9.00. The molecule has 0 aromatic heterocycles. The maximum atomic E-state index is 5.64. The fraction of sp³-hybridized carbons (Fsp3) is 0.714. The largest absolute Gasteiger partial charge is 0.367 e. The Balaban J connectivity index is 2.16. The minimum Gasteiger partial charge on any atom is -0.367 e. The van der Waals surface area contributed by atoms with Crippen LogP contribution in [0.3, 0.4) is 0 Å². The second-order valence-electron chi connectivity index (χ2n) is 7.39. The molecule has 0 bridgehead atoms. The molecule has 0 amide bonds. The number of hydrogen-bond donors (Lipinski definition) is 0. The predicted octanol–water partition coefficient (Wildman–Crippen LogP) is 6.75. The Morgan fingerprint density at radius 1 is 0.864 bits per heavy atom. The van der Waals surface area contributed by atoms with Crippen molar-refractivity contribution in [2.24, 2.45) is 0 Å². The van der Waals surface area contributed by atoms with Gasteiger partial charge in [0.25, 0.3) is 0 Å². The van der Waals surface area contributed by atoms with Crippen LogP contribution in [0.1, 0.15) is 86.5 Å². The van der Waals surface area contributed by atoms with Gasteiger partial charge in [-0.2, -0.15) is 0 Å². The Hall–Kier alpha value is -0.820. The highest BCUT2D eigenvalue weighted by atomic mass is 16.6. The standard InChI is InChI=1S/C21H36O/c1-7-10-17(2)11-8-12-18(3)13-9-14-19(4)15-16-20-21(5,6)22-20/h10,12,14,20H,7-9,11,13,15-16H2,1-6H3. The van der Waals surface area contributed by atoms with Gasteiger partial charge in [-0.1, -0.05) is 41.9 Å². The van der Waals surface area contributed by atoms with Crippen LogP contribution in [0.15, 0.2) is 34.9 Å². The third kappa shape index (κ3) is 7.98. The van der Waals surface area contributed by atoms with Crippen LogP contribution in [0.5, 0.6) is 0 Å². The second kappa shape index (κ2) is 9.35. The molecule has 1 aliphatic heterocycles. The normalized spacial score (nSPS) is 22.1. The molecule has 0 radical (unpaired) electrons. The maximum Gasteiger partial charge on any atom is 0.0892 e. The molecule has 1 atom stereocenters. The topological polar surface area (TPSA) is 12.5 Å². The van der Waals surface area contributed by atoms with Gasteiger partial charge in [-0.25, -0.2) is 0 Å². The Labute approximate surface area is 138 Å². The Kier molecular flexibility index (Phi) is 8.17. The molecule has 1 saturated heterocycles. The van der Waals surface area contributed by atoms with Crippen molar-refractivity contribution in [2.75, 3.05) is 0 Å². The summed E-state index contributed by atoms with van der Waals surface area (Å²) in [5.41, 5.74) is 4.71. The first-order chi connectivity index (χ1) is 10.3. The smallest absolute Gasteiger partial charge is 0.0892 e. The average molecular weight is 305 g/mol. The number of rotatable bonds is 10. The van der Waals surface area contributed by atoms with Crippen LogP contribution in [-0.2, 0) is 4.74 Å². The number of hydrogen-bond acceptors (Lipinski definition) is 1. The molecule has 22 heavy (non-hydrogen) atoms. The van der Waals surface area contributed by atoms with Crippen LogP contribution in [-0.4, -0.2) is 11.7 Å². The highest BCUT2D eigenvalue weighted by Crippen LogP contribution is 2.38. The van der Waals surface area contributed by atoms with Crippen LogP contribution in [0, 0.1) is 0 Å². The summed E-state index contributed by atoms with van der Waals surface area (Å²) in [4.78, 5) is 0. The van der Waals surface area contributed by atoms with Gasteiger partial charge in [0, 0.05) is 0 Å². The Morgan fingerprint density at radius 2 is 1.32 bits per heavy atom. The van der Waals surface area contributed by atoms with E-state index in [4.69, 9.17) is 4.74 Å². The van der Waals surface area contributed by atoms with Gasteiger partial charge in [0.15, 0.2) is 0 Å². The molecule has 0 saturated carbocycles. The van der Waals surface area contributed by atoms with Gasteiger partial charge in [0.2, 0.25) is 0 Å². The average Bonchev–Trinajstić information content (AvgIpc) is 3.04. The Bertz CT molecular complexity index is 423. The number of epoxide rings is 1. The van der Waals surface area contributed by atoms with Gasteiger partial charge < -0.3 is 4.74 Å². The molecule has 0 aromatic rings. The van der Waals surface area contributed by atoms with Crippen LogP contribution in [0.4, 0.5) is 0 Å². The van der Waals surface area contributed by atoms with Crippen molar-refractivity contribution in [2.45, 2.75) is 98.2 Å². The molecule has 1 rings (SSSR count). The monoisotopic (exact) mass is 304 g/mol. The molecule has 0 N–H and O–H groups in total. The molecular formula is C21H36O. The highest BCUT2D eigenvalue weighted by Gasteiger charge is 2.46. The van der Waals surface area contributed by atoms with E-state index in [0.717, 1.165) is 6.42 Å². The van der Waals surface area contributed by atoms with E-state index in [1.54, 1.807) is 0 Å². The third-order valence-corrected chi connectivity index (χ3v) is 4.58. The molecule has 1 heteroatoms. The van der Waals surface area contributed by atoms with Crippen molar-refractivity contribution in [3.05, 3.63) is 34.9 Å². The molecule has 1 nitrogen and oxygen atoms in total. The van der Waals surface area contributed by atoms with Crippen molar-refractivity contribution < 1.29 is 4.74 Å². The summed E-state index contributed by atoms with van der Waals surface area (Å²) in [6.45, 7) is 13.3. The van der Waals surface area contributed by atoms with Gasteiger partial charge in [-0.05, 0) is 79.6 Å². The zero-order valence-corrected chi connectivity index (χ0v) is 15.7. The molecule has 1 aliphatic rings. The first-order valence-corrected chi connectivity index (χ1v) is 9.00. The van der Waals surface area contributed by atoms with E-state index in [1.165, 1.54) is 55.2 Å². The lowest BCUT2D eigenvalue weighted by Crippen LogP contribution is -2.02. The summed E-state index contributed by atoms with van der Waals surface area (Å²) in [6, 6.07) is 0. The fourth-order valence-electron chi connectivity index (χ4n) is 2.85. The van der Waals surface area contributed by atoms with E-state index in [-0.39, 0.29) is 5.60 Å². The van der Waals surface area contributed by atoms with Crippen LogP contribution in [0.2, 0.25) is 0 Å². The third-order valence-electron chi connectivity index (χ3n) is 4.58. The van der Waals surface area contributed by atoms with Crippen LogP contribution < -0.4 is 0 Å². The predicted molar refractivity (Wildman–Crippen MR) is 98.2 cm³/mol. The van der Waals surface area contributed by atoms with Gasteiger partial charge in [-0.15, -0.1) is 0 Å². The maximum absolute atomic E-state index is 5.64. The lowest BCUT2D eigenvalue weighted by molar-refractivity contribution is 0.320. The van der Waals surface area contributed by atoms with Crippen molar-refractivity contribution >= 4 is 0 Å².